The van der Waals surface area contributed by atoms with Gasteiger partial charge >= 0.3 is 0 Å². The molecule has 0 saturated heterocycles. The molecule has 6 heteroatoms. The maximum atomic E-state index is 5.80. The zero-order valence-electron chi connectivity index (χ0n) is 11.0. The van der Waals surface area contributed by atoms with Crippen LogP contribution < -0.4 is 0 Å². The van der Waals surface area contributed by atoms with E-state index < -0.39 is 0 Å². The van der Waals surface area contributed by atoms with Crippen LogP contribution in [0.15, 0.2) is 39.6 Å². The number of nitrogens with zero attached hydrogens (tertiary/aromatic N) is 3. The Morgan fingerprint density at radius 3 is 2.89 bits per heavy atom. The monoisotopic (exact) mass is 297 g/mol. The van der Waals surface area contributed by atoms with Crippen LogP contribution in [0.5, 0.6) is 0 Å². The highest BCUT2D eigenvalue weighted by Crippen LogP contribution is 2.26. The van der Waals surface area contributed by atoms with Crippen LogP contribution in [-0.2, 0) is 6.54 Å². The predicted molar refractivity (Wildman–Crippen MR) is 78.3 cm³/mol. The average molecular weight is 298 g/mol. The lowest BCUT2D eigenvalue weighted by Gasteiger charge is -2.11. The molecule has 4 nitrogen and oxygen atoms in total. The lowest BCUT2D eigenvalue weighted by Crippen LogP contribution is -2.07. The third-order valence-electron chi connectivity index (χ3n) is 2.36. The van der Waals surface area contributed by atoms with E-state index in [0.717, 1.165) is 23.3 Å². The molecule has 0 atom stereocenters. The van der Waals surface area contributed by atoms with Gasteiger partial charge in [-0.1, -0.05) is 43.8 Å². The van der Waals surface area contributed by atoms with Crippen LogP contribution in [0.1, 0.15) is 13.8 Å². The SMILES string of the molecule is C=C(Cl)CSc1nnc(-c2ccco2)n1CC(C)C. The quantitative estimate of drug-likeness (QED) is 0.755. The van der Waals surface area contributed by atoms with E-state index in [-0.39, 0.29) is 0 Å². The van der Waals surface area contributed by atoms with Gasteiger partial charge in [0.05, 0.1) is 6.26 Å². The van der Waals surface area contributed by atoms with Crippen LogP contribution in [0.4, 0.5) is 0 Å². The standard InChI is InChI=1S/C13H16ClN3OS/c1-9(2)7-17-12(11-5-4-6-18-11)15-16-13(17)19-8-10(3)14/h4-6,9H,3,7-8H2,1-2H3. The summed E-state index contributed by atoms with van der Waals surface area (Å²) in [4.78, 5) is 0. The molecule has 2 aromatic rings. The van der Waals surface area contributed by atoms with Gasteiger partial charge in [0.1, 0.15) is 0 Å². The first-order valence-corrected chi connectivity index (χ1v) is 7.37. The van der Waals surface area contributed by atoms with Gasteiger partial charge in [-0.25, -0.2) is 0 Å². The van der Waals surface area contributed by atoms with Crippen LogP contribution in [0.25, 0.3) is 11.6 Å². The molecule has 0 unspecified atom stereocenters. The van der Waals surface area contributed by atoms with Crippen molar-refractivity contribution >= 4 is 23.4 Å². The minimum absolute atomic E-state index is 0.489. The molecule has 0 N–H and O–H groups in total. The van der Waals surface area contributed by atoms with Crippen molar-refractivity contribution in [1.82, 2.24) is 14.8 Å². The maximum absolute atomic E-state index is 5.80. The van der Waals surface area contributed by atoms with Gasteiger partial charge < -0.3 is 4.42 Å². The minimum Gasteiger partial charge on any atom is -0.461 e. The lowest BCUT2D eigenvalue weighted by atomic mass is 10.2. The van der Waals surface area contributed by atoms with Gasteiger partial charge in [0.2, 0.25) is 0 Å². The summed E-state index contributed by atoms with van der Waals surface area (Å²) in [5.41, 5.74) is 0. The molecule has 0 aliphatic heterocycles. The molecular weight excluding hydrogens is 282 g/mol. The number of halogens is 1. The minimum atomic E-state index is 0.489. The summed E-state index contributed by atoms with van der Waals surface area (Å²) < 4.78 is 7.47. The highest BCUT2D eigenvalue weighted by atomic mass is 35.5. The molecule has 0 saturated carbocycles. The lowest BCUT2D eigenvalue weighted by molar-refractivity contribution is 0.489. The van der Waals surface area contributed by atoms with Gasteiger partial charge in [-0.3, -0.25) is 4.57 Å². The number of hydrogen-bond donors (Lipinski definition) is 0. The Morgan fingerprint density at radius 1 is 1.53 bits per heavy atom. The zero-order valence-corrected chi connectivity index (χ0v) is 12.5. The van der Waals surface area contributed by atoms with E-state index in [2.05, 4.69) is 35.2 Å². The Morgan fingerprint density at radius 2 is 2.32 bits per heavy atom. The Bertz CT molecular complexity index is 548. The van der Waals surface area contributed by atoms with Crippen molar-refractivity contribution < 1.29 is 4.42 Å². The van der Waals surface area contributed by atoms with E-state index in [1.54, 1.807) is 6.26 Å². The summed E-state index contributed by atoms with van der Waals surface area (Å²) in [7, 11) is 0. The number of thioether (sulfide) groups is 1. The highest BCUT2D eigenvalue weighted by Gasteiger charge is 2.17. The van der Waals surface area contributed by atoms with Crippen molar-refractivity contribution in [3.05, 3.63) is 30.0 Å². The first kappa shape index (κ1) is 14.2. The summed E-state index contributed by atoms with van der Waals surface area (Å²) in [6.45, 7) is 8.83. The van der Waals surface area contributed by atoms with Gasteiger partial charge in [-0.2, -0.15) is 0 Å². The molecule has 2 aromatic heterocycles. The van der Waals surface area contributed by atoms with E-state index >= 15 is 0 Å². The van der Waals surface area contributed by atoms with Crippen LogP contribution in [0.3, 0.4) is 0 Å². The Labute approximate surface area is 121 Å². The van der Waals surface area contributed by atoms with Crippen LogP contribution >= 0.6 is 23.4 Å². The summed E-state index contributed by atoms with van der Waals surface area (Å²) >= 11 is 7.33. The predicted octanol–water partition coefficient (Wildman–Crippen LogP) is 4.04. The smallest absolute Gasteiger partial charge is 0.200 e. The summed E-state index contributed by atoms with van der Waals surface area (Å²) in [5.74, 6) is 2.59. The fourth-order valence-electron chi connectivity index (χ4n) is 1.66. The molecule has 2 rings (SSSR count). The first-order chi connectivity index (χ1) is 9.08. The molecule has 0 spiro atoms. The number of aromatic nitrogens is 3. The number of furan rings is 1. The van der Waals surface area contributed by atoms with Crippen LogP contribution in [-0.4, -0.2) is 20.5 Å². The Balaban J connectivity index is 2.30. The van der Waals surface area contributed by atoms with Gasteiger partial charge in [0, 0.05) is 17.3 Å². The van der Waals surface area contributed by atoms with Crippen molar-refractivity contribution in [2.75, 3.05) is 5.75 Å². The highest BCUT2D eigenvalue weighted by molar-refractivity contribution is 7.99. The van der Waals surface area contributed by atoms with Crippen molar-refractivity contribution in [1.29, 1.82) is 0 Å². The van der Waals surface area contributed by atoms with Crippen molar-refractivity contribution in [2.24, 2.45) is 5.92 Å². The maximum Gasteiger partial charge on any atom is 0.200 e. The van der Waals surface area contributed by atoms with E-state index in [1.165, 1.54) is 11.8 Å². The first-order valence-electron chi connectivity index (χ1n) is 6.01. The average Bonchev–Trinajstić information content (AvgIpc) is 2.94. The summed E-state index contributed by atoms with van der Waals surface area (Å²) in [5, 5.41) is 9.86. The molecule has 0 bridgehead atoms. The van der Waals surface area contributed by atoms with Gasteiger partial charge in [-0.05, 0) is 18.1 Å². The van der Waals surface area contributed by atoms with Crippen molar-refractivity contribution in [3.8, 4) is 11.6 Å². The van der Waals surface area contributed by atoms with E-state index in [1.807, 2.05) is 12.1 Å². The van der Waals surface area contributed by atoms with E-state index in [0.29, 0.717) is 16.7 Å². The third kappa shape index (κ3) is 3.64. The Hall–Kier alpha value is -1.20. The van der Waals surface area contributed by atoms with Gasteiger partial charge in [0.15, 0.2) is 16.7 Å². The molecule has 0 radical (unpaired) electrons. The topological polar surface area (TPSA) is 43.9 Å². The molecule has 102 valence electrons. The number of rotatable bonds is 6. The molecule has 0 aromatic carbocycles. The van der Waals surface area contributed by atoms with Crippen LogP contribution in [0.2, 0.25) is 0 Å². The molecule has 19 heavy (non-hydrogen) atoms. The second-order valence-electron chi connectivity index (χ2n) is 4.59. The largest absolute Gasteiger partial charge is 0.461 e. The third-order valence-corrected chi connectivity index (χ3v) is 3.71. The second kappa shape index (κ2) is 6.30. The van der Waals surface area contributed by atoms with Crippen molar-refractivity contribution in [3.63, 3.8) is 0 Å². The zero-order chi connectivity index (χ0) is 13.8. The molecule has 2 heterocycles. The van der Waals surface area contributed by atoms with E-state index in [9.17, 15) is 0 Å². The Kier molecular flexibility index (Phi) is 4.71. The molecule has 0 aliphatic carbocycles. The van der Waals surface area contributed by atoms with Crippen LogP contribution in [0, 0.1) is 5.92 Å². The van der Waals surface area contributed by atoms with Crippen molar-refractivity contribution in [2.45, 2.75) is 25.5 Å². The molecule has 0 fully saturated rings. The normalized spacial score (nSPS) is 11.2. The van der Waals surface area contributed by atoms with Gasteiger partial charge in [-0.15, -0.1) is 10.2 Å². The number of hydrogen-bond acceptors (Lipinski definition) is 4. The molecule has 0 aliphatic rings. The second-order valence-corrected chi connectivity index (χ2v) is 6.07. The van der Waals surface area contributed by atoms with E-state index in [4.69, 9.17) is 16.0 Å². The van der Waals surface area contributed by atoms with Gasteiger partial charge in [0.25, 0.3) is 0 Å². The summed E-state index contributed by atoms with van der Waals surface area (Å²) in [6, 6.07) is 3.73. The summed E-state index contributed by atoms with van der Waals surface area (Å²) in [6.07, 6.45) is 1.64. The molecule has 0 amide bonds. The fraction of sp³-hybridized carbons (Fsp3) is 0.385. The fourth-order valence-corrected chi connectivity index (χ4v) is 2.52. The molecular formula is C13H16ClN3OS.